The van der Waals surface area contributed by atoms with Crippen LogP contribution in [0.5, 0.6) is 11.5 Å². The van der Waals surface area contributed by atoms with Gasteiger partial charge in [0.1, 0.15) is 18.1 Å². The molecule has 1 aliphatic carbocycles. The molecule has 2 N–H and O–H groups in total. The van der Waals surface area contributed by atoms with Gasteiger partial charge in [0.25, 0.3) is 0 Å². The van der Waals surface area contributed by atoms with Crippen molar-refractivity contribution in [3.8, 4) is 11.5 Å². The second-order valence-electron chi connectivity index (χ2n) is 12.1. The number of benzene rings is 2. The van der Waals surface area contributed by atoms with Gasteiger partial charge < -0.3 is 25.0 Å². The molecule has 2 aliphatic heterocycles. The molecule has 0 spiro atoms. The Kier molecular flexibility index (Phi) is 6.84. The molecule has 0 unspecified atom stereocenters. The fourth-order valence-corrected chi connectivity index (χ4v) is 5.83. The van der Waals surface area contributed by atoms with E-state index >= 15 is 0 Å². The van der Waals surface area contributed by atoms with Crippen LogP contribution < -0.4 is 20.1 Å². The third-order valence-electron chi connectivity index (χ3n) is 7.44. The van der Waals surface area contributed by atoms with Crippen molar-refractivity contribution in [3.63, 3.8) is 0 Å². The second-order valence-corrected chi connectivity index (χ2v) is 12.1. The highest BCUT2D eigenvalue weighted by Crippen LogP contribution is 2.39. The van der Waals surface area contributed by atoms with Crippen LogP contribution in [0.25, 0.3) is 0 Å². The lowest BCUT2D eigenvalue weighted by Gasteiger charge is -2.45. The van der Waals surface area contributed by atoms with Gasteiger partial charge in [0.15, 0.2) is 11.5 Å². The fourth-order valence-electron chi connectivity index (χ4n) is 5.83. The molecule has 8 heteroatoms. The SMILES string of the molecule is CC(C)C[C@@H]1C(=O)N[C@H](C2Cc3ccccc3C2)C(=O)N1[C@@H](C(=O)NC(C)(C)C)c1ccc2c(c1)OCO2. The van der Waals surface area contributed by atoms with E-state index in [1.54, 1.807) is 23.1 Å². The van der Waals surface area contributed by atoms with E-state index in [9.17, 15) is 14.4 Å². The van der Waals surface area contributed by atoms with Crippen LogP contribution in [0.1, 0.15) is 63.8 Å². The first kappa shape index (κ1) is 26.1. The molecule has 0 saturated carbocycles. The molecule has 0 aromatic heterocycles. The molecule has 2 aromatic carbocycles. The summed E-state index contributed by atoms with van der Waals surface area (Å²) in [5.41, 5.74) is 2.45. The monoisotopic (exact) mass is 519 g/mol. The smallest absolute Gasteiger partial charge is 0.247 e. The first-order valence-corrected chi connectivity index (χ1v) is 13.4. The zero-order chi connectivity index (χ0) is 27.2. The zero-order valence-electron chi connectivity index (χ0n) is 22.7. The molecule has 0 radical (unpaired) electrons. The van der Waals surface area contributed by atoms with Gasteiger partial charge in [0, 0.05) is 5.54 Å². The number of piperazine rings is 1. The summed E-state index contributed by atoms with van der Waals surface area (Å²) >= 11 is 0. The van der Waals surface area contributed by atoms with Gasteiger partial charge in [-0.05, 0) is 80.7 Å². The molecule has 1 saturated heterocycles. The molecule has 5 rings (SSSR count). The topological polar surface area (TPSA) is 97.0 Å². The maximum absolute atomic E-state index is 14.4. The molecule has 2 heterocycles. The summed E-state index contributed by atoms with van der Waals surface area (Å²) in [6, 6.07) is 11.0. The largest absolute Gasteiger partial charge is 0.454 e. The number of hydrogen-bond donors (Lipinski definition) is 2. The third-order valence-corrected chi connectivity index (χ3v) is 7.44. The van der Waals surface area contributed by atoms with Crippen molar-refractivity contribution in [3.05, 3.63) is 59.2 Å². The average Bonchev–Trinajstić information content (AvgIpc) is 3.48. The van der Waals surface area contributed by atoms with Crippen LogP contribution in [0, 0.1) is 11.8 Å². The molecule has 8 nitrogen and oxygen atoms in total. The number of ether oxygens (including phenoxy) is 2. The van der Waals surface area contributed by atoms with Crippen molar-refractivity contribution in [2.45, 2.75) is 77.5 Å². The lowest BCUT2D eigenvalue weighted by molar-refractivity contribution is -0.158. The maximum atomic E-state index is 14.4. The van der Waals surface area contributed by atoms with E-state index in [2.05, 4.69) is 22.8 Å². The van der Waals surface area contributed by atoms with Gasteiger partial charge in [-0.1, -0.05) is 44.2 Å². The first-order valence-electron chi connectivity index (χ1n) is 13.4. The third kappa shape index (κ3) is 5.08. The highest BCUT2D eigenvalue weighted by molar-refractivity contribution is 6.00. The summed E-state index contributed by atoms with van der Waals surface area (Å²) in [6.45, 7) is 9.83. The Balaban J connectivity index is 1.56. The number of rotatable bonds is 6. The van der Waals surface area contributed by atoms with E-state index in [-0.39, 0.29) is 36.4 Å². The molecule has 1 fully saturated rings. The molecule has 0 bridgehead atoms. The second kappa shape index (κ2) is 9.97. The lowest BCUT2D eigenvalue weighted by Crippen LogP contribution is -2.67. The predicted octanol–water partition coefficient (Wildman–Crippen LogP) is 3.53. The lowest BCUT2D eigenvalue weighted by atomic mass is 9.87. The summed E-state index contributed by atoms with van der Waals surface area (Å²) < 4.78 is 11.1. The number of hydrogen-bond acceptors (Lipinski definition) is 5. The number of carbonyl (C=O) groups is 3. The Labute approximate surface area is 224 Å². The van der Waals surface area contributed by atoms with Crippen molar-refractivity contribution in [1.29, 1.82) is 0 Å². The number of carbonyl (C=O) groups excluding carboxylic acids is 3. The van der Waals surface area contributed by atoms with Crippen molar-refractivity contribution in [1.82, 2.24) is 15.5 Å². The summed E-state index contributed by atoms with van der Waals surface area (Å²) in [4.78, 5) is 43.6. The van der Waals surface area contributed by atoms with Crippen molar-refractivity contribution < 1.29 is 23.9 Å². The van der Waals surface area contributed by atoms with E-state index in [1.165, 1.54) is 11.1 Å². The minimum atomic E-state index is -1.00. The standard InChI is InChI=1S/C30H37N3O5/c1-17(2)12-22-27(34)31-25(21-13-18-8-6-7-9-19(18)14-21)29(36)33(22)26(28(35)32-30(3,4)5)20-10-11-23-24(15-20)38-16-37-23/h6-11,15,17,21-22,25-26H,12-14,16H2,1-5H3,(H,31,34)(H,32,35)/t22-,25-,26-/m1/s1. The van der Waals surface area contributed by atoms with Crippen molar-refractivity contribution >= 4 is 17.7 Å². The number of fused-ring (bicyclic) bond motifs is 2. The van der Waals surface area contributed by atoms with Crippen LogP contribution in [0.3, 0.4) is 0 Å². The van der Waals surface area contributed by atoms with E-state index < -0.39 is 23.7 Å². The number of amides is 3. The number of nitrogens with one attached hydrogen (secondary N) is 2. The number of nitrogens with zero attached hydrogens (tertiary/aromatic N) is 1. The highest BCUT2D eigenvalue weighted by Gasteiger charge is 2.49. The summed E-state index contributed by atoms with van der Waals surface area (Å²) in [6.07, 6.45) is 1.86. The Morgan fingerprint density at radius 2 is 1.71 bits per heavy atom. The predicted molar refractivity (Wildman–Crippen MR) is 143 cm³/mol. The van der Waals surface area contributed by atoms with E-state index in [1.807, 2.05) is 46.8 Å². The molecule has 3 amide bonds. The minimum absolute atomic E-state index is 0.0746. The van der Waals surface area contributed by atoms with Crippen LogP contribution in [-0.2, 0) is 27.2 Å². The highest BCUT2D eigenvalue weighted by atomic mass is 16.7. The van der Waals surface area contributed by atoms with E-state index in [4.69, 9.17) is 9.47 Å². The van der Waals surface area contributed by atoms with E-state index in [0.29, 0.717) is 36.3 Å². The zero-order valence-corrected chi connectivity index (χ0v) is 22.7. The molecule has 3 aliphatic rings. The van der Waals surface area contributed by atoms with Crippen LogP contribution in [-0.4, -0.2) is 47.0 Å². The van der Waals surface area contributed by atoms with Gasteiger partial charge in [-0.15, -0.1) is 0 Å². The van der Waals surface area contributed by atoms with Gasteiger partial charge in [-0.2, -0.15) is 0 Å². The summed E-state index contributed by atoms with van der Waals surface area (Å²) in [5, 5.41) is 6.11. The Morgan fingerprint density at radius 1 is 1.05 bits per heavy atom. The van der Waals surface area contributed by atoms with Gasteiger partial charge in [-0.3, -0.25) is 14.4 Å². The van der Waals surface area contributed by atoms with Gasteiger partial charge in [0.2, 0.25) is 24.5 Å². The quantitative estimate of drug-likeness (QED) is 0.609. The van der Waals surface area contributed by atoms with Crippen LogP contribution in [0.15, 0.2) is 42.5 Å². The molecule has 2 aromatic rings. The Hall–Kier alpha value is -3.55. The van der Waals surface area contributed by atoms with E-state index in [0.717, 1.165) is 0 Å². The van der Waals surface area contributed by atoms with Gasteiger partial charge in [0.05, 0.1) is 0 Å². The molecular formula is C30H37N3O5. The van der Waals surface area contributed by atoms with Gasteiger partial charge in [-0.25, -0.2) is 0 Å². The molecular weight excluding hydrogens is 482 g/mol. The summed E-state index contributed by atoms with van der Waals surface area (Å²) in [5.74, 6) is 0.403. The molecule has 202 valence electrons. The normalized spacial score (nSPS) is 21.9. The Morgan fingerprint density at radius 3 is 2.34 bits per heavy atom. The van der Waals surface area contributed by atoms with Gasteiger partial charge >= 0.3 is 0 Å². The van der Waals surface area contributed by atoms with Crippen molar-refractivity contribution in [2.24, 2.45) is 11.8 Å². The molecule has 3 atom stereocenters. The fraction of sp³-hybridized carbons (Fsp3) is 0.500. The summed E-state index contributed by atoms with van der Waals surface area (Å²) in [7, 11) is 0. The average molecular weight is 520 g/mol. The maximum Gasteiger partial charge on any atom is 0.247 e. The first-order chi connectivity index (χ1) is 18.0. The van der Waals surface area contributed by atoms with Crippen LogP contribution >= 0.6 is 0 Å². The molecule has 38 heavy (non-hydrogen) atoms. The Bertz CT molecular complexity index is 1230. The van der Waals surface area contributed by atoms with Crippen LogP contribution in [0.2, 0.25) is 0 Å². The van der Waals surface area contributed by atoms with Crippen LogP contribution in [0.4, 0.5) is 0 Å². The van der Waals surface area contributed by atoms with Crippen molar-refractivity contribution in [2.75, 3.05) is 6.79 Å². The minimum Gasteiger partial charge on any atom is -0.454 e.